The van der Waals surface area contributed by atoms with Crippen LogP contribution in [0.1, 0.15) is 88.4 Å². The van der Waals surface area contributed by atoms with E-state index in [9.17, 15) is 19.2 Å². The van der Waals surface area contributed by atoms with E-state index in [0.717, 1.165) is 51.4 Å². The summed E-state index contributed by atoms with van der Waals surface area (Å²) in [4.78, 5) is 49.7. The first kappa shape index (κ1) is 24.4. The molecule has 7 heteroatoms. The van der Waals surface area contributed by atoms with E-state index in [1.54, 1.807) is 24.3 Å². The van der Waals surface area contributed by atoms with Gasteiger partial charge in [0.2, 0.25) is 11.8 Å². The third-order valence-corrected chi connectivity index (χ3v) is 7.77. The molecular weight excluding hydrogens is 432 g/mol. The smallest absolute Gasteiger partial charge is 0.312 e. The monoisotopic (exact) mass is 468 g/mol. The lowest BCUT2D eigenvalue weighted by Gasteiger charge is -2.60. The Balaban J connectivity index is 1.32. The molecule has 0 radical (unpaired) electrons. The first-order valence-electron chi connectivity index (χ1n) is 12.6. The minimum Gasteiger partial charge on any atom is -0.457 e. The van der Waals surface area contributed by atoms with Gasteiger partial charge < -0.3 is 15.4 Å². The number of rotatable bonds is 10. The first-order valence-corrected chi connectivity index (χ1v) is 12.6. The summed E-state index contributed by atoms with van der Waals surface area (Å²) in [6, 6.07) is 6.69. The number of carbonyl (C=O) groups excluding carboxylic acids is 4. The van der Waals surface area contributed by atoms with Crippen LogP contribution in [-0.4, -0.2) is 35.7 Å². The van der Waals surface area contributed by atoms with Crippen molar-refractivity contribution in [3.63, 3.8) is 0 Å². The Labute approximate surface area is 201 Å². The van der Waals surface area contributed by atoms with Crippen molar-refractivity contribution in [1.82, 2.24) is 5.32 Å². The number of ether oxygens (including phenoxy) is 1. The van der Waals surface area contributed by atoms with Crippen molar-refractivity contribution in [2.75, 3.05) is 11.9 Å². The van der Waals surface area contributed by atoms with Crippen molar-refractivity contribution in [1.29, 1.82) is 0 Å². The predicted molar refractivity (Wildman–Crippen MR) is 128 cm³/mol. The predicted octanol–water partition coefficient (Wildman–Crippen LogP) is 4.41. The Bertz CT molecular complexity index is 940. The molecule has 0 aliphatic heterocycles. The van der Waals surface area contributed by atoms with Crippen molar-refractivity contribution >= 4 is 29.3 Å². The minimum absolute atomic E-state index is 0.0333. The standard InChI is InChI=1S/C27H36N2O5/c1-3-4-5-6-24(32)28-22-9-7-21(8-10-22)23(31)16-34-25(33)26-12-19-11-20(13-26)15-27(14-19,17-26)29-18(2)30/h7-10,19-20H,3-6,11-17H2,1-2H3,(H,28,32)(H,29,30). The summed E-state index contributed by atoms with van der Waals surface area (Å²) in [6.45, 7) is 3.33. The van der Waals surface area contributed by atoms with Gasteiger partial charge in [0.25, 0.3) is 0 Å². The van der Waals surface area contributed by atoms with Gasteiger partial charge in [-0.25, -0.2) is 0 Å². The first-order chi connectivity index (χ1) is 16.2. The molecule has 0 spiro atoms. The van der Waals surface area contributed by atoms with Crippen LogP contribution in [0.5, 0.6) is 0 Å². The zero-order valence-corrected chi connectivity index (χ0v) is 20.3. The second-order valence-corrected chi connectivity index (χ2v) is 10.8. The number of unbranched alkanes of at least 4 members (excludes halogenated alkanes) is 2. The van der Waals surface area contributed by atoms with E-state index in [1.807, 2.05) is 0 Å². The third kappa shape index (κ3) is 5.34. The quantitative estimate of drug-likeness (QED) is 0.301. The number of amides is 2. The molecule has 34 heavy (non-hydrogen) atoms. The van der Waals surface area contributed by atoms with Crippen molar-refractivity contribution in [2.24, 2.45) is 17.3 Å². The normalized spacial score (nSPS) is 28.9. The van der Waals surface area contributed by atoms with Crippen molar-refractivity contribution in [2.45, 2.75) is 83.6 Å². The third-order valence-electron chi connectivity index (χ3n) is 7.77. The molecule has 2 N–H and O–H groups in total. The Hall–Kier alpha value is -2.70. The fourth-order valence-electron chi connectivity index (χ4n) is 6.89. The SMILES string of the molecule is CCCCCC(=O)Nc1ccc(C(=O)COC(=O)C23CC4CC(CC(NC(C)=O)(C4)C2)C3)cc1. The molecule has 0 saturated heterocycles. The summed E-state index contributed by atoms with van der Waals surface area (Å²) in [5, 5.41) is 5.99. The van der Waals surface area contributed by atoms with Crippen LogP contribution in [0.15, 0.2) is 24.3 Å². The molecule has 184 valence electrons. The van der Waals surface area contributed by atoms with E-state index in [-0.39, 0.29) is 35.7 Å². The number of hydrogen-bond donors (Lipinski definition) is 2. The molecule has 0 aromatic heterocycles. The average Bonchev–Trinajstić information content (AvgIpc) is 2.76. The van der Waals surface area contributed by atoms with Gasteiger partial charge in [-0.05, 0) is 81.0 Å². The van der Waals surface area contributed by atoms with Crippen molar-refractivity contribution in [3.8, 4) is 0 Å². The second kappa shape index (κ2) is 9.88. The van der Waals surface area contributed by atoms with Gasteiger partial charge in [0, 0.05) is 30.1 Å². The van der Waals surface area contributed by atoms with Crippen LogP contribution in [0, 0.1) is 17.3 Å². The molecule has 4 aliphatic carbocycles. The summed E-state index contributed by atoms with van der Waals surface area (Å²) in [5.74, 6) is 0.175. The minimum atomic E-state index is -0.598. The molecule has 4 fully saturated rings. The molecule has 4 aliphatic rings. The lowest BCUT2D eigenvalue weighted by molar-refractivity contribution is -0.174. The topological polar surface area (TPSA) is 102 Å². The van der Waals surface area contributed by atoms with Crippen LogP contribution in [0.25, 0.3) is 0 Å². The number of ketones is 1. The van der Waals surface area contributed by atoms with E-state index in [1.165, 1.54) is 6.92 Å². The highest BCUT2D eigenvalue weighted by molar-refractivity contribution is 5.99. The molecule has 7 nitrogen and oxygen atoms in total. The van der Waals surface area contributed by atoms with Gasteiger partial charge in [-0.3, -0.25) is 19.2 Å². The van der Waals surface area contributed by atoms with Gasteiger partial charge in [-0.2, -0.15) is 0 Å². The molecule has 2 atom stereocenters. The van der Waals surface area contributed by atoms with Crippen molar-refractivity contribution in [3.05, 3.63) is 29.8 Å². The zero-order valence-electron chi connectivity index (χ0n) is 20.3. The number of anilines is 1. The number of Topliss-reactive ketones (excluding diaryl/α,β-unsaturated/α-hetero) is 1. The van der Waals surface area contributed by atoms with Gasteiger partial charge in [-0.15, -0.1) is 0 Å². The maximum Gasteiger partial charge on any atom is 0.312 e. The fourth-order valence-corrected chi connectivity index (χ4v) is 6.89. The average molecular weight is 469 g/mol. The highest BCUT2D eigenvalue weighted by Gasteiger charge is 2.61. The van der Waals surface area contributed by atoms with E-state index >= 15 is 0 Å². The summed E-state index contributed by atoms with van der Waals surface area (Å²) in [5.41, 5.74) is 0.179. The summed E-state index contributed by atoms with van der Waals surface area (Å²) >= 11 is 0. The lowest BCUT2D eigenvalue weighted by atomic mass is 9.47. The molecule has 2 unspecified atom stereocenters. The molecule has 2 amide bonds. The van der Waals surface area contributed by atoms with Crippen LogP contribution < -0.4 is 10.6 Å². The summed E-state index contributed by atoms with van der Waals surface area (Å²) < 4.78 is 5.57. The largest absolute Gasteiger partial charge is 0.457 e. The molecule has 4 bridgehead atoms. The maximum atomic E-state index is 13.2. The second-order valence-electron chi connectivity index (χ2n) is 10.8. The van der Waals surface area contributed by atoms with Gasteiger partial charge in [0.1, 0.15) is 0 Å². The highest BCUT2D eigenvalue weighted by atomic mass is 16.5. The van der Waals surface area contributed by atoms with Crippen molar-refractivity contribution < 1.29 is 23.9 Å². The van der Waals surface area contributed by atoms with Crippen LogP contribution in [0.4, 0.5) is 5.69 Å². The van der Waals surface area contributed by atoms with Gasteiger partial charge in [0.15, 0.2) is 12.4 Å². The molecular formula is C27H36N2O5. The molecule has 4 saturated carbocycles. The van der Waals surface area contributed by atoms with E-state index in [0.29, 0.717) is 35.9 Å². The van der Waals surface area contributed by atoms with Gasteiger partial charge in [-0.1, -0.05) is 19.8 Å². The Morgan fingerprint density at radius 3 is 2.29 bits per heavy atom. The maximum absolute atomic E-state index is 13.2. The molecule has 1 aromatic rings. The van der Waals surface area contributed by atoms with Gasteiger partial charge in [0.05, 0.1) is 5.41 Å². The van der Waals surface area contributed by atoms with Crippen LogP contribution in [0.2, 0.25) is 0 Å². The number of carbonyl (C=O) groups is 4. The highest BCUT2D eigenvalue weighted by Crippen LogP contribution is 2.62. The number of benzene rings is 1. The number of esters is 1. The summed E-state index contributed by atoms with van der Waals surface area (Å²) in [7, 11) is 0. The Morgan fingerprint density at radius 1 is 1.00 bits per heavy atom. The molecule has 0 heterocycles. The Morgan fingerprint density at radius 2 is 1.68 bits per heavy atom. The summed E-state index contributed by atoms with van der Waals surface area (Å²) in [6.07, 6.45) is 8.56. The van der Waals surface area contributed by atoms with E-state index in [4.69, 9.17) is 4.74 Å². The van der Waals surface area contributed by atoms with Crippen LogP contribution in [-0.2, 0) is 19.1 Å². The van der Waals surface area contributed by atoms with Crippen LogP contribution >= 0.6 is 0 Å². The molecule has 1 aromatic carbocycles. The number of nitrogens with one attached hydrogen (secondary N) is 2. The van der Waals surface area contributed by atoms with Gasteiger partial charge >= 0.3 is 5.97 Å². The Kier molecular flexibility index (Phi) is 7.10. The van der Waals surface area contributed by atoms with Crippen LogP contribution in [0.3, 0.4) is 0 Å². The fraction of sp³-hybridized carbons (Fsp3) is 0.630. The molecule has 5 rings (SSSR count). The van der Waals surface area contributed by atoms with E-state index in [2.05, 4.69) is 17.6 Å². The number of hydrogen-bond acceptors (Lipinski definition) is 5. The lowest BCUT2D eigenvalue weighted by Crippen LogP contribution is -2.64. The van der Waals surface area contributed by atoms with E-state index < -0.39 is 5.41 Å². The zero-order chi connectivity index (χ0) is 24.3.